The second-order valence-corrected chi connectivity index (χ2v) is 6.76. The van der Waals surface area contributed by atoms with Crippen molar-refractivity contribution >= 4 is 40.5 Å². The maximum absolute atomic E-state index is 12.7. The minimum Gasteiger partial charge on any atom is -0.365 e. The number of carbonyl (C=O) groups excluding carboxylic acids is 2. The highest BCUT2D eigenvalue weighted by atomic mass is 35.5. The summed E-state index contributed by atoms with van der Waals surface area (Å²) in [4.78, 5) is 38.6. The molecule has 0 atom stereocenters. The van der Waals surface area contributed by atoms with Gasteiger partial charge in [0.15, 0.2) is 0 Å². The summed E-state index contributed by atoms with van der Waals surface area (Å²) in [6.07, 6.45) is 0. The van der Waals surface area contributed by atoms with E-state index < -0.39 is 10.8 Å². The molecule has 1 heterocycles. The molecule has 1 aliphatic heterocycles. The van der Waals surface area contributed by atoms with Crippen molar-refractivity contribution in [3.8, 4) is 0 Å². The third kappa shape index (κ3) is 4.07. The third-order valence-corrected chi connectivity index (χ3v) is 4.93. The first kappa shape index (κ1) is 19.6. The molecule has 0 aromatic heterocycles. The van der Waals surface area contributed by atoms with Gasteiger partial charge < -0.3 is 15.1 Å². The van der Waals surface area contributed by atoms with Crippen LogP contribution in [0.2, 0.25) is 5.02 Å². The van der Waals surface area contributed by atoms with Crippen molar-refractivity contribution in [1.82, 2.24) is 4.90 Å². The van der Waals surface area contributed by atoms with E-state index in [0.717, 1.165) is 0 Å². The van der Waals surface area contributed by atoms with Crippen LogP contribution >= 0.6 is 11.6 Å². The predicted octanol–water partition coefficient (Wildman–Crippen LogP) is 3.17. The number of hydrogen-bond acceptors (Lipinski definition) is 5. The van der Waals surface area contributed by atoms with E-state index in [2.05, 4.69) is 5.32 Å². The zero-order valence-corrected chi connectivity index (χ0v) is 16.0. The molecule has 2 aromatic rings. The molecular formula is C19H19ClN4O4. The largest absolute Gasteiger partial charge is 0.365 e. The van der Waals surface area contributed by atoms with Crippen LogP contribution in [-0.4, -0.2) is 47.8 Å². The van der Waals surface area contributed by atoms with Gasteiger partial charge in [0, 0.05) is 39.2 Å². The Morgan fingerprint density at radius 3 is 2.39 bits per heavy atom. The van der Waals surface area contributed by atoms with Crippen molar-refractivity contribution in [3.05, 3.63) is 63.2 Å². The molecule has 0 aliphatic carbocycles. The summed E-state index contributed by atoms with van der Waals surface area (Å²) in [5.74, 6) is -0.568. The van der Waals surface area contributed by atoms with Gasteiger partial charge in [-0.2, -0.15) is 0 Å². The second-order valence-electron chi connectivity index (χ2n) is 6.36. The molecule has 2 aromatic carbocycles. The minimum atomic E-state index is -0.589. The van der Waals surface area contributed by atoms with Gasteiger partial charge in [-0.3, -0.25) is 19.7 Å². The lowest BCUT2D eigenvalue weighted by Gasteiger charge is -2.36. The molecule has 28 heavy (non-hydrogen) atoms. The maximum Gasteiger partial charge on any atom is 0.282 e. The molecule has 1 saturated heterocycles. The number of piperazine rings is 1. The smallest absolute Gasteiger partial charge is 0.282 e. The number of amides is 2. The predicted molar refractivity (Wildman–Crippen MR) is 107 cm³/mol. The molecule has 0 unspecified atom stereocenters. The summed E-state index contributed by atoms with van der Waals surface area (Å²) in [5, 5.41) is 14.4. The lowest BCUT2D eigenvalue weighted by molar-refractivity contribution is -0.385. The van der Waals surface area contributed by atoms with Gasteiger partial charge in [-0.1, -0.05) is 29.8 Å². The summed E-state index contributed by atoms with van der Waals surface area (Å²) in [6, 6.07) is 10.9. The first-order valence-electron chi connectivity index (χ1n) is 8.72. The first-order valence-corrected chi connectivity index (χ1v) is 9.10. The Morgan fingerprint density at radius 2 is 1.75 bits per heavy atom. The fourth-order valence-electron chi connectivity index (χ4n) is 3.20. The fraction of sp³-hybridized carbons (Fsp3) is 0.263. The average Bonchev–Trinajstić information content (AvgIpc) is 2.68. The van der Waals surface area contributed by atoms with Crippen molar-refractivity contribution in [3.63, 3.8) is 0 Å². The molecular weight excluding hydrogens is 384 g/mol. The summed E-state index contributed by atoms with van der Waals surface area (Å²) >= 11 is 6.39. The van der Waals surface area contributed by atoms with Crippen LogP contribution < -0.4 is 10.2 Å². The lowest BCUT2D eigenvalue weighted by Crippen LogP contribution is -2.48. The number of hydrogen-bond donors (Lipinski definition) is 1. The summed E-state index contributed by atoms with van der Waals surface area (Å²) in [6.45, 7) is 3.77. The number of nitro groups is 1. The van der Waals surface area contributed by atoms with Gasteiger partial charge in [0.2, 0.25) is 5.91 Å². The molecule has 0 radical (unpaired) electrons. The summed E-state index contributed by atoms with van der Waals surface area (Å²) in [5.41, 5.74) is 0.810. The van der Waals surface area contributed by atoms with Crippen LogP contribution in [0.15, 0.2) is 42.5 Å². The minimum absolute atomic E-state index is 0.0173. The number of rotatable bonds is 4. The number of benzene rings is 2. The number of nitrogens with zero attached hydrogens (tertiary/aromatic N) is 3. The molecule has 0 bridgehead atoms. The van der Waals surface area contributed by atoms with Crippen LogP contribution in [0.4, 0.5) is 17.1 Å². The van der Waals surface area contributed by atoms with Gasteiger partial charge in [-0.15, -0.1) is 0 Å². The van der Waals surface area contributed by atoms with Crippen molar-refractivity contribution in [2.24, 2.45) is 0 Å². The van der Waals surface area contributed by atoms with E-state index in [0.29, 0.717) is 42.6 Å². The Labute approximate surface area is 166 Å². The molecule has 0 spiro atoms. The van der Waals surface area contributed by atoms with Crippen LogP contribution in [0.3, 0.4) is 0 Å². The number of para-hydroxylation sites is 2. The SMILES string of the molecule is CC(=O)N1CCN(c2c(Cl)cccc2NC(=O)c2ccccc2[N+](=O)[O-])CC1. The van der Waals surface area contributed by atoms with Crippen molar-refractivity contribution in [1.29, 1.82) is 0 Å². The van der Waals surface area contributed by atoms with Crippen molar-refractivity contribution in [2.75, 3.05) is 36.4 Å². The van der Waals surface area contributed by atoms with Gasteiger partial charge >= 0.3 is 0 Å². The number of anilines is 2. The Hall–Kier alpha value is -3.13. The zero-order valence-electron chi connectivity index (χ0n) is 15.2. The molecule has 2 amide bonds. The molecule has 1 aliphatic rings. The topological polar surface area (TPSA) is 95.8 Å². The van der Waals surface area contributed by atoms with E-state index in [1.807, 2.05) is 4.90 Å². The normalized spacial score (nSPS) is 13.9. The number of nitrogens with one attached hydrogen (secondary N) is 1. The highest BCUT2D eigenvalue weighted by molar-refractivity contribution is 6.34. The summed E-state index contributed by atoms with van der Waals surface area (Å²) < 4.78 is 0. The van der Waals surface area contributed by atoms with Crippen LogP contribution in [0.1, 0.15) is 17.3 Å². The highest BCUT2D eigenvalue weighted by Crippen LogP contribution is 2.35. The summed E-state index contributed by atoms with van der Waals surface area (Å²) in [7, 11) is 0. The number of nitro benzene ring substituents is 1. The average molecular weight is 403 g/mol. The molecule has 146 valence electrons. The van der Waals surface area contributed by atoms with E-state index in [4.69, 9.17) is 11.6 Å². The lowest BCUT2D eigenvalue weighted by atomic mass is 10.1. The van der Waals surface area contributed by atoms with E-state index >= 15 is 0 Å². The first-order chi connectivity index (χ1) is 13.4. The molecule has 3 rings (SSSR count). The van der Waals surface area contributed by atoms with Gasteiger partial charge in [0.1, 0.15) is 5.56 Å². The van der Waals surface area contributed by atoms with Gasteiger partial charge in [0.25, 0.3) is 11.6 Å². The Morgan fingerprint density at radius 1 is 1.07 bits per heavy atom. The Kier molecular flexibility index (Phi) is 5.79. The standard InChI is InChI=1S/C19H19ClN4O4/c1-13(25)22-9-11-23(12-10-22)18-15(20)6-4-7-16(18)21-19(26)14-5-2-3-8-17(14)24(27)28/h2-8H,9-12H2,1H3,(H,21,26). The fourth-order valence-corrected chi connectivity index (χ4v) is 3.49. The van der Waals surface area contributed by atoms with Crippen LogP contribution in [0, 0.1) is 10.1 Å². The second kappa shape index (κ2) is 8.26. The van der Waals surface area contributed by atoms with Crippen molar-refractivity contribution < 1.29 is 14.5 Å². The van der Waals surface area contributed by atoms with Gasteiger partial charge in [-0.05, 0) is 18.2 Å². The van der Waals surface area contributed by atoms with E-state index in [1.165, 1.54) is 25.1 Å². The molecule has 1 fully saturated rings. The van der Waals surface area contributed by atoms with E-state index in [-0.39, 0.29) is 17.2 Å². The number of halogens is 1. The van der Waals surface area contributed by atoms with Gasteiger partial charge in [-0.25, -0.2) is 0 Å². The Bertz CT molecular complexity index is 926. The molecule has 8 nitrogen and oxygen atoms in total. The van der Waals surface area contributed by atoms with Crippen LogP contribution in [0.25, 0.3) is 0 Å². The molecule has 1 N–H and O–H groups in total. The molecule has 0 saturated carbocycles. The van der Waals surface area contributed by atoms with Crippen molar-refractivity contribution in [2.45, 2.75) is 6.92 Å². The highest BCUT2D eigenvalue weighted by Gasteiger charge is 2.25. The maximum atomic E-state index is 12.7. The molecule has 9 heteroatoms. The zero-order chi connectivity index (χ0) is 20.3. The van der Waals surface area contributed by atoms with E-state index in [1.54, 1.807) is 29.2 Å². The third-order valence-electron chi connectivity index (χ3n) is 4.62. The van der Waals surface area contributed by atoms with Crippen LogP contribution in [-0.2, 0) is 4.79 Å². The van der Waals surface area contributed by atoms with E-state index in [9.17, 15) is 19.7 Å². The quantitative estimate of drug-likeness (QED) is 0.626. The van der Waals surface area contributed by atoms with Gasteiger partial charge in [0.05, 0.1) is 21.3 Å². The van der Waals surface area contributed by atoms with Crippen LogP contribution in [0.5, 0.6) is 0 Å². The Balaban J connectivity index is 1.86. The monoisotopic (exact) mass is 402 g/mol. The number of carbonyl (C=O) groups is 2.